The van der Waals surface area contributed by atoms with Crippen LogP contribution in [0.3, 0.4) is 0 Å². The number of carboxylic acid groups (broad SMARTS) is 1. The van der Waals surface area contributed by atoms with Crippen LogP contribution in [0.4, 0.5) is 13.2 Å². The van der Waals surface area contributed by atoms with E-state index in [1.165, 1.54) is 22.8 Å². The van der Waals surface area contributed by atoms with Gasteiger partial charge in [0.2, 0.25) is 0 Å². The Morgan fingerprint density at radius 1 is 1.09 bits per heavy atom. The van der Waals surface area contributed by atoms with E-state index in [1.54, 1.807) is 0 Å². The number of benzene rings is 1. The number of alkyl halides is 3. The molecule has 1 aromatic carbocycles. The SMILES string of the molecule is O=c1c(Cl)cc(Cl)c(COc2cccc(OC(F)(F)F)c2)n1CC[C@H]1CC[C@H](C(=O)O)CC1. The molecular formula is C22H22Cl2F3NO5. The summed E-state index contributed by atoms with van der Waals surface area (Å²) in [5.41, 5.74) is -0.111. The van der Waals surface area contributed by atoms with Gasteiger partial charge in [-0.05, 0) is 56.2 Å². The number of rotatable bonds is 8. The van der Waals surface area contributed by atoms with E-state index in [-0.39, 0.29) is 34.2 Å². The lowest BCUT2D eigenvalue weighted by Crippen LogP contribution is -2.28. The maximum Gasteiger partial charge on any atom is 0.573 e. The molecule has 180 valence electrons. The van der Waals surface area contributed by atoms with E-state index in [4.69, 9.17) is 33.0 Å². The smallest absolute Gasteiger partial charge is 0.487 e. The summed E-state index contributed by atoms with van der Waals surface area (Å²) in [5.74, 6) is -1.18. The fraction of sp³-hybridized carbons (Fsp3) is 0.455. The Morgan fingerprint density at radius 3 is 2.39 bits per heavy atom. The van der Waals surface area contributed by atoms with Crippen molar-refractivity contribution in [2.45, 2.75) is 51.6 Å². The Bertz CT molecular complexity index is 1050. The van der Waals surface area contributed by atoms with Gasteiger partial charge in [0.15, 0.2) is 0 Å². The molecule has 2 aromatic rings. The van der Waals surface area contributed by atoms with Gasteiger partial charge in [0.05, 0.1) is 16.6 Å². The monoisotopic (exact) mass is 507 g/mol. The molecule has 1 heterocycles. The molecule has 1 fully saturated rings. The van der Waals surface area contributed by atoms with Crippen molar-refractivity contribution in [1.29, 1.82) is 0 Å². The Morgan fingerprint density at radius 2 is 1.76 bits per heavy atom. The fourth-order valence-electron chi connectivity index (χ4n) is 3.94. The number of halogens is 5. The third kappa shape index (κ3) is 7.04. The molecule has 0 saturated heterocycles. The first-order chi connectivity index (χ1) is 15.5. The summed E-state index contributed by atoms with van der Waals surface area (Å²) in [7, 11) is 0. The zero-order valence-electron chi connectivity index (χ0n) is 17.4. The number of nitrogens with zero attached hydrogens (tertiary/aromatic N) is 1. The minimum Gasteiger partial charge on any atom is -0.487 e. The van der Waals surface area contributed by atoms with Gasteiger partial charge in [0, 0.05) is 12.6 Å². The minimum atomic E-state index is -4.83. The van der Waals surface area contributed by atoms with Gasteiger partial charge in [-0.2, -0.15) is 0 Å². The lowest BCUT2D eigenvalue weighted by Gasteiger charge is -2.26. The summed E-state index contributed by atoms with van der Waals surface area (Å²) >= 11 is 12.3. The number of aromatic nitrogens is 1. The molecule has 11 heteroatoms. The van der Waals surface area contributed by atoms with Crippen molar-refractivity contribution in [3.05, 3.63) is 56.4 Å². The Kier molecular flexibility index (Phi) is 8.18. The number of ether oxygens (including phenoxy) is 2. The van der Waals surface area contributed by atoms with E-state index >= 15 is 0 Å². The highest BCUT2D eigenvalue weighted by molar-refractivity contribution is 6.34. The highest BCUT2D eigenvalue weighted by atomic mass is 35.5. The lowest BCUT2D eigenvalue weighted by molar-refractivity contribution is -0.274. The predicted molar refractivity (Wildman–Crippen MR) is 116 cm³/mol. The van der Waals surface area contributed by atoms with Gasteiger partial charge in [-0.3, -0.25) is 9.59 Å². The number of aliphatic carboxylic acids is 1. The maximum atomic E-state index is 12.7. The first-order valence-corrected chi connectivity index (χ1v) is 11.1. The molecule has 0 radical (unpaired) electrons. The summed E-state index contributed by atoms with van der Waals surface area (Å²) in [6.07, 6.45) is -1.52. The van der Waals surface area contributed by atoms with Crippen LogP contribution in [-0.2, 0) is 17.9 Å². The molecule has 3 rings (SSSR count). The van der Waals surface area contributed by atoms with Crippen molar-refractivity contribution in [2.75, 3.05) is 0 Å². The molecule has 6 nitrogen and oxygen atoms in total. The van der Waals surface area contributed by atoms with E-state index in [9.17, 15) is 22.8 Å². The summed E-state index contributed by atoms with van der Waals surface area (Å²) in [6.45, 7) is 0.129. The molecule has 33 heavy (non-hydrogen) atoms. The van der Waals surface area contributed by atoms with Crippen LogP contribution in [0.25, 0.3) is 0 Å². The first kappa shape index (κ1) is 25.2. The molecule has 0 unspecified atom stereocenters. The first-order valence-electron chi connectivity index (χ1n) is 10.3. The average molecular weight is 508 g/mol. The number of carbonyl (C=O) groups is 1. The van der Waals surface area contributed by atoms with Crippen LogP contribution in [0.2, 0.25) is 10.0 Å². The van der Waals surface area contributed by atoms with Crippen LogP contribution in [0.1, 0.15) is 37.8 Å². The number of carboxylic acids is 1. The van der Waals surface area contributed by atoms with Crippen molar-refractivity contribution < 1.29 is 32.5 Å². The van der Waals surface area contributed by atoms with Gasteiger partial charge in [-0.15, -0.1) is 13.2 Å². The largest absolute Gasteiger partial charge is 0.573 e. The van der Waals surface area contributed by atoms with Gasteiger partial charge in [-0.25, -0.2) is 0 Å². The van der Waals surface area contributed by atoms with Gasteiger partial charge in [0.1, 0.15) is 23.1 Å². The molecule has 0 amide bonds. The standard InChI is InChI=1S/C22H22Cl2F3NO5/c23-17-11-18(24)20(29)28(9-8-13-4-6-14(7-5-13)21(30)31)19(17)12-32-15-2-1-3-16(10-15)33-22(25,26)27/h1-3,10-11,13-14H,4-9,12H2,(H,30,31)/t13-,14-. The highest BCUT2D eigenvalue weighted by Gasteiger charge is 2.31. The number of pyridine rings is 1. The van der Waals surface area contributed by atoms with E-state index in [0.29, 0.717) is 31.5 Å². The Hall–Kier alpha value is -2.39. The molecule has 0 spiro atoms. The quantitative estimate of drug-likeness (QED) is 0.480. The van der Waals surface area contributed by atoms with E-state index in [2.05, 4.69) is 4.74 Å². The van der Waals surface area contributed by atoms with Crippen LogP contribution in [0, 0.1) is 11.8 Å². The van der Waals surface area contributed by atoms with Crippen LogP contribution in [-0.4, -0.2) is 22.0 Å². The maximum absolute atomic E-state index is 12.7. The topological polar surface area (TPSA) is 77.8 Å². The van der Waals surface area contributed by atoms with E-state index < -0.39 is 23.6 Å². The van der Waals surface area contributed by atoms with Crippen molar-refractivity contribution in [2.24, 2.45) is 11.8 Å². The summed E-state index contributed by atoms with van der Waals surface area (Å²) in [5, 5.41) is 9.27. The minimum absolute atomic E-state index is 0.0566. The van der Waals surface area contributed by atoms with Crippen LogP contribution < -0.4 is 15.0 Å². The molecule has 1 aliphatic carbocycles. The van der Waals surface area contributed by atoms with Crippen molar-refractivity contribution in [3.63, 3.8) is 0 Å². The van der Waals surface area contributed by atoms with Gasteiger partial charge in [-0.1, -0.05) is 29.3 Å². The van der Waals surface area contributed by atoms with Crippen LogP contribution in [0.5, 0.6) is 11.5 Å². The average Bonchev–Trinajstić information content (AvgIpc) is 2.74. The molecule has 0 bridgehead atoms. The predicted octanol–water partition coefficient (Wildman–Crippen LogP) is 5.91. The summed E-state index contributed by atoms with van der Waals surface area (Å²) < 4.78 is 48.2. The van der Waals surface area contributed by atoms with Crippen LogP contribution in [0.15, 0.2) is 35.1 Å². The second-order valence-corrected chi connectivity index (χ2v) is 8.71. The molecule has 0 aliphatic heterocycles. The molecule has 1 saturated carbocycles. The second-order valence-electron chi connectivity index (χ2n) is 7.90. The van der Waals surface area contributed by atoms with Gasteiger partial charge in [0.25, 0.3) is 5.56 Å². The van der Waals surface area contributed by atoms with Gasteiger partial charge >= 0.3 is 12.3 Å². The van der Waals surface area contributed by atoms with E-state index in [1.807, 2.05) is 0 Å². The summed E-state index contributed by atoms with van der Waals surface area (Å²) in [4.78, 5) is 23.8. The third-order valence-electron chi connectivity index (χ3n) is 5.68. The number of hydrogen-bond acceptors (Lipinski definition) is 4. The van der Waals surface area contributed by atoms with Crippen LogP contribution >= 0.6 is 23.2 Å². The zero-order valence-corrected chi connectivity index (χ0v) is 18.9. The van der Waals surface area contributed by atoms with Crippen molar-refractivity contribution in [1.82, 2.24) is 4.57 Å². The Balaban J connectivity index is 1.71. The number of hydrogen-bond donors (Lipinski definition) is 1. The molecule has 1 N–H and O–H groups in total. The highest BCUT2D eigenvalue weighted by Crippen LogP contribution is 2.32. The fourth-order valence-corrected chi connectivity index (χ4v) is 4.48. The van der Waals surface area contributed by atoms with Crippen molar-refractivity contribution >= 4 is 29.2 Å². The lowest BCUT2D eigenvalue weighted by atomic mass is 9.80. The molecular weight excluding hydrogens is 486 g/mol. The second kappa shape index (κ2) is 10.7. The molecule has 0 atom stereocenters. The zero-order chi connectivity index (χ0) is 24.2. The molecule has 1 aliphatic rings. The third-order valence-corrected chi connectivity index (χ3v) is 6.27. The van der Waals surface area contributed by atoms with Gasteiger partial charge < -0.3 is 19.1 Å². The Labute approximate surface area is 197 Å². The summed E-state index contributed by atoms with van der Waals surface area (Å²) in [6, 6.07) is 6.34. The normalized spacial score (nSPS) is 18.7. The van der Waals surface area contributed by atoms with E-state index in [0.717, 1.165) is 25.0 Å². The molecule has 1 aromatic heterocycles. The van der Waals surface area contributed by atoms with Crippen molar-refractivity contribution in [3.8, 4) is 11.5 Å².